The molecule has 3 saturated heterocycles. The monoisotopic (exact) mass is 956 g/mol. The van der Waals surface area contributed by atoms with Crippen molar-refractivity contribution in [2.24, 2.45) is 50.2 Å². The zero-order valence-electron chi connectivity index (χ0n) is 39.2. The van der Waals surface area contributed by atoms with Crippen LogP contribution >= 0.6 is 0 Å². The van der Waals surface area contributed by atoms with Gasteiger partial charge in [-0.25, -0.2) is 4.79 Å². The topological polar surface area (TPSA) is 329 Å². The molecule has 8 aliphatic rings. The summed E-state index contributed by atoms with van der Waals surface area (Å²) in [5, 5.41) is 119. The summed E-state index contributed by atoms with van der Waals surface area (Å²) in [6.45, 7) is 13.1. The Labute approximate surface area is 389 Å². The molecule has 0 aromatic rings. The molecule has 0 radical (unpaired) electrons. The molecule has 7 fully saturated rings. The van der Waals surface area contributed by atoms with Crippen LogP contribution in [0.3, 0.4) is 0 Å². The van der Waals surface area contributed by atoms with Crippen molar-refractivity contribution in [1.82, 2.24) is 0 Å². The number of allylic oxidation sites excluding steroid dienone is 2. The lowest BCUT2D eigenvalue weighted by atomic mass is 9.30. The summed E-state index contributed by atoms with van der Waals surface area (Å²) >= 11 is 0. The van der Waals surface area contributed by atoms with Gasteiger partial charge in [0.05, 0.1) is 30.3 Å². The van der Waals surface area contributed by atoms with Gasteiger partial charge >= 0.3 is 11.9 Å². The minimum Gasteiger partial charge on any atom is -0.481 e. The third-order valence-corrected chi connectivity index (χ3v) is 19.0. The minimum atomic E-state index is -2.15. The summed E-state index contributed by atoms with van der Waals surface area (Å²) in [6.07, 6.45) is -22.4. The number of carbonyl (C=O) groups excluding carboxylic acids is 1. The van der Waals surface area contributed by atoms with Crippen molar-refractivity contribution in [3.8, 4) is 0 Å². The second-order valence-corrected chi connectivity index (χ2v) is 22.8. The van der Waals surface area contributed by atoms with E-state index in [9.17, 15) is 70.6 Å². The second-order valence-electron chi connectivity index (χ2n) is 22.8. The number of rotatable bonds is 10. The lowest BCUT2D eigenvalue weighted by molar-refractivity contribution is -0.394. The molecule has 8 rings (SSSR count). The normalized spacial score (nSPS) is 55.0. The third kappa shape index (κ3) is 7.52. The number of ether oxygens (including phenoxy) is 6. The summed E-state index contributed by atoms with van der Waals surface area (Å²) < 4.78 is 36.1. The van der Waals surface area contributed by atoms with Crippen LogP contribution in [0, 0.1) is 50.2 Å². The molecule has 1 spiro atoms. The van der Waals surface area contributed by atoms with E-state index in [1.165, 1.54) is 6.92 Å². The zero-order valence-corrected chi connectivity index (χ0v) is 39.2. The summed E-state index contributed by atoms with van der Waals surface area (Å²) in [7, 11) is 0. The number of aliphatic hydroxyl groups excluding tert-OH is 9. The second kappa shape index (κ2) is 17.5. The molecule has 0 amide bonds. The van der Waals surface area contributed by atoms with Crippen LogP contribution < -0.4 is 0 Å². The number of aldehydes is 1. The maximum Gasteiger partial charge on any atom is 0.335 e. The van der Waals surface area contributed by atoms with Crippen LogP contribution in [-0.4, -0.2) is 185 Å². The Morgan fingerprint density at radius 3 is 1.96 bits per heavy atom. The van der Waals surface area contributed by atoms with Gasteiger partial charge in [-0.3, -0.25) is 4.79 Å². The molecule has 3 heterocycles. The molecule has 25 atom stereocenters. The first-order valence-corrected chi connectivity index (χ1v) is 23.8. The highest BCUT2D eigenvalue weighted by molar-refractivity contribution is 5.78. The van der Waals surface area contributed by atoms with Gasteiger partial charge in [-0.15, -0.1) is 0 Å². The number of carboxylic acid groups (broad SMARTS) is 2. The predicted octanol–water partition coefficient (Wildman–Crippen LogP) is -0.414. The molecule has 20 heteroatoms. The van der Waals surface area contributed by atoms with E-state index in [2.05, 4.69) is 40.7 Å². The Bertz CT molecular complexity index is 1930. The van der Waals surface area contributed by atoms with E-state index in [0.717, 1.165) is 11.9 Å². The van der Waals surface area contributed by atoms with Crippen LogP contribution in [0.2, 0.25) is 0 Å². The van der Waals surface area contributed by atoms with Gasteiger partial charge in [-0.05, 0) is 86.9 Å². The SMILES string of the molecule is CC1C2(C)CCC(OC3OC(C(=O)O)C(O)C(O[C@@H]4O[C@@H](C)C(O)C(O)C4O)C3OC3OC(CO)C(O)C(O)C3O)C(C)(C=O)[C@@H]2CC[C@@]12C=C1C3CC(C)(C)CCC3(C(=O)O)[C@H](O)C[C@]12C. The van der Waals surface area contributed by atoms with Crippen LogP contribution in [0.1, 0.15) is 99.8 Å². The van der Waals surface area contributed by atoms with Crippen LogP contribution in [0.4, 0.5) is 0 Å². The van der Waals surface area contributed by atoms with E-state index in [0.29, 0.717) is 44.9 Å². The Kier molecular flexibility index (Phi) is 13.4. The van der Waals surface area contributed by atoms with Crippen LogP contribution in [0.5, 0.6) is 0 Å². The number of hydrogen-bond acceptors (Lipinski definition) is 18. The summed E-state index contributed by atoms with van der Waals surface area (Å²) in [5.41, 5.74) is -3.06. The first kappa shape index (κ1) is 51.1. The maximum absolute atomic E-state index is 13.8. The molecule has 0 bridgehead atoms. The molecule has 5 aliphatic carbocycles. The van der Waals surface area contributed by atoms with Crippen molar-refractivity contribution in [3.63, 3.8) is 0 Å². The van der Waals surface area contributed by atoms with Gasteiger partial charge < -0.3 is 89.4 Å². The molecule has 11 N–H and O–H groups in total. The fourth-order valence-electron chi connectivity index (χ4n) is 14.6. The summed E-state index contributed by atoms with van der Waals surface area (Å²) in [6, 6.07) is 0. The molecule has 4 saturated carbocycles. The van der Waals surface area contributed by atoms with Crippen LogP contribution in [0.15, 0.2) is 11.6 Å². The quantitative estimate of drug-likeness (QED) is 0.0753. The van der Waals surface area contributed by atoms with Gasteiger partial charge in [0.25, 0.3) is 0 Å². The molecule has 3 aliphatic heterocycles. The van der Waals surface area contributed by atoms with E-state index in [1.54, 1.807) is 6.92 Å². The van der Waals surface area contributed by atoms with Gasteiger partial charge in [-0.2, -0.15) is 0 Å². The molecule has 20 nitrogen and oxygen atoms in total. The van der Waals surface area contributed by atoms with Gasteiger partial charge in [0.15, 0.2) is 25.0 Å². The van der Waals surface area contributed by atoms with E-state index in [4.69, 9.17) is 28.4 Å². The molecule has 67 heavy (non-hydrogen) atoms. The molecular weight excluding hydrogens is 884 g/mol. The number of aliphatic hydroxyl groups is 9. The largest absolute Gasteiger partial charge is 0.481 e. The van der Waals surface area contributed by atoms with E-state index in [1.807, 2.05) is 0 Å². The molecule has 0 aromatic heterocycles. The third-order valence-electron chi connectivity index (χ3n) is 19.0. The number of aliphatic carboxylic acids is 2. The summed E-state index contributed by atoms with van der Waals surface area (Å²) in [5.74, 6) is -3.41. The minimum absolute atomic E-state index is 0.0791. The lowest BCUT2D eigenvalue weighted by Gasteiger charge is -2.74. The van der Waals surface area contributed by atoms with Crippen molar-refractivity contribution in [3.05, 3.63) is 11.6 Å². The molecular formula is C47H72O20. The highest BCUT2D eigenvalue weighted by atomic mass is 16.8. The van der Waals surface area contributed by atoms with Crippen LogP contribution in [0.25, 0.3) is 0 Å². The Balaban J connectivity index is 1.12. The van der Waals surface area contributed by atoms with Crippen molar-refractivity contribution in [1.29, 1.82) is 0 Å². The Morgan fingerprint density at radius 1 is 0.716 bits per heavy atom. The predicted molar refractivity (Wildman–Crippen MR) is 227 cm³/mol. The van der Waals surface area contributed by atoms with Crippen molar-refractivity contribution in [2.45, 2.75) is 204 Å². The fraction of sp³-hybridized carbons (Fsp3) is 0.894. The van der Waals surface area contributed by atoms with Gasteiger partial charge in [-0.1, -0.05) is 53.2 Å². The van der Waals surface area contributed by atoms with Crippen molar-refractivity contribution in [2.75, 3.05) is 6.61 Å². The highest BCUT2D eigenvalue weighted by Crippen LogP contribution is 2.78. The van der Waals surface area contributed by atoms with Gasteiger partial charge in [0.1, 0.15) is 72.7 Å². The summed E-state index contributed by atoms with van der Waals surface area (Å²) in [4.78, 5) is 39.6. The lowest BCUT2D eigenvalue weighted by Crippen LogP contribution is -2.70. The highest BCUT2D eigenvalue weighted by Gasteiger charge is 2.74. The first-order valence-electron chi connectivity index (χ1n) is 23.8. The van der Waals surface area contributed by atoms with Crippen molar-refractivity contribution >= 4 is 18.2 Å². The molecule has 19 unspecified atom stereocenters. The van der Waals surface area contributed by atoms with E-state index in [-0.39, 0.29) is 29.6 Å². The average Bonchev–Trinajstić information content (AvgIpc) is 3.26. The smallest absolute Gasteiger partial charge is 0.335 e. The first-order chi connectivity index (χ1) is 31.2. The molecule has 0 aromatic carbocycles. The van der Waals surface area contributed by atoms with Gasteiger partial charge in [0, 0.05) is 10.8 Å². The molecule has 380 valence electrons. The fourth-order valence-corrected chi connectivity index (χ4v) is 14.6. The Hall–Kier alpha value is -2.25. The standard InChI is InChI=1S/C47H72O20/c1-19-27(51)29(53)31(55)38(62-19)65-34-33(57)35(37(58)59)66-40(36(34)67-39-32(56)30(54)28(52)23(17-48)63-39)64-26-9-10-43(5)20(2)46(11-8-24(43)44(26,6)18-49)15-21-22-14-42(3,4)12-13-47(22,41(60)61)25(50)16-45(21,46)7/h15,18-20,22-36,38-40,48,50-57H,8-14,16-17H2,1-7H3,(H,58,59)(H,60,61)/t19-,20?,22?,23?,24+,25+,26?,27?,28?,29?,30?,31?,32?,33?,34?,35?,36?,38-,39?,40?,43?,44?,45+,46+,47?/m0/s1. The number of hydrogen-bond donors (Lipinski definition) is 11. The van der Waals surface area contributed by atoms with Crippen molar-refractivity contribution < 1.29 is 99.0 Å². The number of carboxylic acids is 2. The Morgan fingerprint density at radius 2 is 1.34 bits per heavy atom. The maximum atomic E-state index is 13.8. The van der Waals surface area contributed by atoms with E-state index < -0.39 is 150 Å². The zero-order chi connectivity index (χ0) is 49.3. The number of fused-ring (bicyclic) bond motifs is 5. The van der Waals surface area contributed by atoms with Crippen LogP contribution in [-0.2, 0) is 42.8 Å². The number of carbonyl (C=O) groups is 3. The van der Waals surface area contributed by atoms with E-state index >= 15 is 0 Å². The van der Waals surface area contributed by atoms with Gasteiger partial charge in [0.2, 0.25) is 0 Å². The average molecular weight is 957 g/mol.